The Morgan fingerprint density at radius 2 is 1.77 bits per heavy atom. The Hall–Kier alpha value is -4.00. The highest BCUT2D eigenvalue weighted by atomic mass is 16.1. The molecule has 0 saturated carbocycles. The topological polar surface area (TPSA) is 88.5 Å². The summed E-state index contributed by atoms with van der Waals surface area (Å²) in [5.74, 6) is 0.961. The van der Waals surface area contributed by atoms with E-state index < -0.39 is 0 Å². The highest BCUT2D eigenvalue weighted by molar-refractivity contribution is 6.02. The Morgan fingerprint density at radius 1 is 1.00 bits per heavy atom. The van der Waals surface area contributed by atoms with Crippen LogP contribution >= 0.6 is 0 Å². The number of rotatable bonds is 5. The number of nitrogens with zero attached hydrogens (tertiary/aromatic N) is 4. The highest BCUT2D eigenvalue weighted by Crippen LogP contribution is 2.22. The number of anilines is 1. The van der Waals surface area contributed by atoms with Crippen LogP contribution in [0.25, 0.3) is 27.6 Å². The molecule has 0 atom stereocenters. The third kappa shape index (κ3) is 3.44. The summed E-state index contributed by atoms with van der Waals surface area (Å²) in [4.78, 5) is 22.4. The molecule has 0 amide bonds. The smallest absolute Gasteiger partial charge is 0.267 e. The Bertz CT molecular complexity index is 1420. The van der Waals surface area contributed by atoms with Crippen LogP contribution in [-0.4, -0.2) is 24.7 Å². The predicted molar refractivity (Wildman–Crippen MR) is 123 cm³/mol. The molecule has 0 aliphatic heterocycles. The molecule has 0 aliphatic rings. The Labute approximate surface area is 178 Å². The zero-order valence-corrected chi connectivity index (χ0v) is 17.3. The van der Waals surface area contributed by atoms with Crippen molar-refractivity contribution in [1.82, 2.24) is 24.7 Å². The summed E-state index contributed by atoms with van der Waals surface area (Å²) in [6.45, 7) is 4.95. The maximum absolute atomic E-state index is 13.2. The number of para-hydroxylation sites is 1. The van der Waals surface area contributed by atoms with E-state index in [0.29, 0.717) is 35.0 Å². The van der Waals surface area contributed by atoms with Gasteiger partial charge in [0.05, 0.1) is 28.2 Å². The Balaban J connectivity index is 1.57. The van der Waals surface area contributed by atoms with Gasteiger partial charge >= 0.3 is 0 Å². The fourth-order valence-corrected chi connectivity index (χ4v) is 3.69. The van der Waals surface area contributed by atoms with Crippen LogP contribution in [0.1, 0.15) is 30.9 Å². The number of aromatic amines is 1. The van der Waals surface area contributed by atoms with Crippen LogP contribution in [0.2, 0.25) is 0 Å². The molecule has 0 fully saturated rings. The number of H-pyrrole nitrogens is 1. The van der Waals surface area contributed by atoms with Gasteiger partial charge in [0.2, 0.25) is 5.95 Å². The molecule has 0 unspecified atom stereocenters. The molecule has 5 rings (SSSR count). The molecule has 0 aliphatic carbocycles. The van der Waals surface area contributed by atoms with E-state index in [4.69, 9.17) is 4.98 Å². The van der Waals surface area contributed by atoms with Crippen LogP contribution in [0.3, 0.4) is 0 Å². The van der Waals surface area contributed by atoms with Crippen molar-refractivity contribution in [3.05, 3.63) is 88.5 Å². The molecule has 0 saturated heterocycles. The van der Waals surface area contributed by atoms with Gasteiger partial charge in [-0.15, -0.1) is 0 Å². The van der Waals surface area contributed by atoms with Gasteiger partial charge in [0, 0.05) is 12.7 Å². The molecule has 3 aromatic heterocycles. The fraction of sp³-hybridized carbons (Fsp3) is 0.167. The number of hydrogen-bond donors (Lipinski definition) is 2. The molecule has 31 heavy (non-hydrogen) atoms. The van der Waals surface area contributed by atoms with Gasteiger partial charge in [-0.3, -0.25) is 14.5 Å². The van der Waals surface area contributed by atoms with Gasteiger partial charge in [-0.1, -0.05) is 56.3 Å². The van der Waals surface area contributed by atoms with E-state index in [0.717, 1.165) is 16.6 Å². The fourth-order valence-electron chi connectivity index (χ4n) is 3.69. The van der Waals surface area contributed by atoms with Gasteiger partial charge in [0.25, 0.3) is 5.56 Å². The van der Waals surface area contributed by atoms with Gasteiger partial charge < -0.3 is 5.32 Å². The maximum atomic E-state index is 13.2. The second-order valence-electron chi connectivity index (χ2n) is 7.82. The van der Waals surface area contributed by atoms with Crippen molar-refractivity contribution in [1.29, 1.82) is 0 Å². The van der Waals surface area contributed by atoms with Crippen molar-refractivity contribution in [3.63, 3.8) is 0 Å². The number of hydrogen-bond acceptors (Lipinski definition) is 5. The molecular formula is C24H22N6O. The summed E-state index contributed by atoms with van der Waals surface area (Å²) < 4.78 is 1.61. The van der Waals surface area contributed by atoms with Gasteiger partial charge in [-0.25, -0.2) is 4.98 Å². The molecule has 5 aromatic rings. The first kappa shape index (κ1) is 19.0. The lowest BCUT2D eigenvalue weighted by Crippen LogP contribution is -2.20. The molecule has 0 radical (unpaired) electrons. The van der Waals surface area contributed by atoms with E-state index in [9.17, 15) is 4.79 Å². The average Bonchev–Trinajstić information content (AvgIpc) is 3.29. The first-order valence-corrected chi connectivity index (χ1v) is 10.2. The third-order valence-corrected chi connectivity index (χ3v) is 5.43. The number of fused-ring (bicyclic) bond motifs is 3. The van der Waals surface area contributed by atoms with E-state index in [-0.39, 0.29) is 5.56 Å². The van der Waals surface area contributed by atoms with Crippen molar-refractivity contribution in [2.75, 3.05) is 5.32 Å². The maximum Gasteiger partial charge on any atom is 0.267 e. The predicted octanol–water partition coefficient (Wildman–Crippen LogP) is 4.39. The van der Waals surface area contributed by atoms with Crippen LogP contribution in [0.5, 0.6) is 0 Å². The number of nitrogens with one attached hydrogen (secondary N) is 2. The minimum Gasteiger partial charge on any atom is -0.350 e. The largest absolute Gasteiger partial charge is 0.350 e. The first-order valence-electron chi connectivity index (χ1n) is 10.2. The second-order valence-corrected chi connectivity index (χ2v) is 7.82. The molecule has 0 bridgehead atoms. The Morgan fingerprint density at radius 3 is 2.52 bits per heavy atom. The van der Waals surface area contributed by atoms with Crippen molar-refractivity contribution >= 4 is 27.9 Å². The van der Waals surface area contributed by atoms with Crippen molar-refractivity contribution < 1.29 is 0 Å². The Kier molecular flexibility index (Phi) is 4.71. The monoisotopic (exact) mass is 410 g/mol. The molecule has 7 nitrogen and oxygen atoms in total. The van der Waals surface area contributed by atoms with Crippen LogP contribution in [0.4, 0.5) is 5.95 Å². The van der Waals surface area contributed by atoms with Crippen LogP contribution in [-0.2, 0) is 6.54 Å². The van der Waals surface area contributed by atoms with E-state index >= 15 is 0 Å². The zero-order valence-electron chi connectivity index (χ0n) is 17.3. The first-order chi connectivity index (χ1) is 15.1. The molecule has 3 heterocycles. The highest BCUT2D eigenvalue weighted by Gasteiger charge is 2.16. The van der Waals surface area contributed by atoms with Gasteiger partial charge in [-0.05, 0) is 29.2 Å². The summed E-state index contributed by atoms with van der Waals surface area (Å²) in [5, 5.41) is 11.5. The minimum atomic E-state index is -0.170. The summed E-state index contributed by atoms with van der Waals surface area (Å²) in [5.41, 5.74) is 4.19. The van der Waals surface area contributed by atoms with Crippen molar-refractivity contribution in [2.24, 2.45) is 0 Å². The zero-order chi connectivity index (χ0) is 21.4. The van der Waals surface area contributed by atoms with E-state index in [2.05, 4.69) is 58.6 Å². The molecular weight excluding hydrogens is 388 g/mol. The lowest BCUT2D eigenvalue weighted by atomic mass is 10.0. The lowest BCUT2D eigenvalue weighted by Gasteiger charge is -2.12. The normalized spacial score (nSPS) is 11.5. The van der Waals surface area contributed by atoms with E-state index in [1.54, 1.807) is 17.0 Å². The quantitative estimate of drug-likeness (QED) is 0.449. The SMILES string of the molecule is CC(C)c1ccc(CNc2ncc3c4[nH]ncc4c(=O)n(-c4ccccc4)c3n2)cc1. The van der Waals surface area contributed by atoms with E-state index in [1.165, 1.54) is 5.56 Å². The molecule has 2 aromatic carbocycles. The lowest BCUT2D eigenvalue weighted by molar-refractivity contribution is 0.865. The summed E-state index contributed by atoms with van der Waals surface area (Å²) in [6.07, 6.45) is 3.27. The average molecular weight is 410 g/mol. The number of pyridine rings is 1. The van der Waals surface area contributed by atoms with Crippen molar-refractivity contribution in [3.8, 4) is 5.69 Å². The van der Waals surface area contributed by atoms with Crippen LogP contribution in [0.15, 0.2) is 71.8 Å². The molecule has 154 valence electrons. The standard InChI is InChI=1S/C24H22N6O/c1-15(2)17-10-8-16(9-11-17)12-25-24-26-13-19-21-20(14-27-29-21)23(31)30(22(19)28-24)18-6-4-3-5-7-18/h3-11,13-15H,12H2,1-2H3,(H,27,29)(H,25,26,28). The van der Waals surface area contributed by atoms with Gasteiger partial charge in [0.15, 0.2) is 5.65 Å². The van der Waals surface area contributed by atoms with Gasteiger partial charge in [0.1, 0.15) is 0 Å². The van der Waals surface area contributed by atoms with Crippen LogP contribution < -0.4 is 10.9 Å². The number of aromatic nitrogens is 5. The third-order valence-electron chi connectivity index (χ3n) is 5.43. The summed E-state index contributed by atoms with van der Waals surface area (Å²) in [6, 6.07) is 18.0. The molecule has 7 heteroatoms. The van der Waals surface area contributed by atoms with Crippen molar-refractivity contribution in [2.45, 2.75) is 26.3 Å². The van der Waals surface area contributed by atoms with Gasteiger partial charge in [-0.2, -0.15) is 10.1 Å². The summed E-state index contributed by atoms with van der Waals surface area (Å²) >= 11 is 0. The number of benzene rings is 2. The molecule has 0 spiro atoms. The summed E-state index contributed by atoms with van der Waals surface area (Å²) in [7, 11) is 0. The van der Waals surface area contributed by atoms with Crippen LogP contribution in [0, 0.1) is 0 Å². The minimum absolute atomic E-state index is 0.170. The van der Waals surface area contributed by atoms with E-state index in [1.807, 2.05) is 30.3 Å². The second kappa shape index (κ2) is 7.68. The molecule has 2 N–H and O–H groups in total.